The largest absolute Gasteiger partial charge is 0.496 e. The van der Waals surface area contributed by atoms with Gasteiger partial charge in [0.05, 0.1) is 27.4 Å². The summed E-state index contributed by atoms with van der Waals surface area (Å²) in [6.07, 6.45) is 0. The van der Waals surface area contributed by atoms with E-state index in [1.165, 1.54) is 0 Å². The van der Waals surface area contributed by atoms with Crippen molar-refractivity contribution in [2.45, 2.75) is 39.7 Å². The zero-order valence-electron chi connectivity index (χ0n) is 17.2. The zero-order chi connectivity index (χ0) is 20.1. The summed E-state index contributed by atoms with van der Waals surface area (Å²) in [5.41, 5.74) is 3.81. The summed E-state index contributed by atoms with van der Waals surface area (Å²) in [5.74, 6) is 2.16. The van der Waals surface area contributed by atoms with Gasteiger partial charge in [-0.2, -0.15) is 0 Å². The molecule has 2 aromatic carbocycles. The molecule has 0 aliphatic heterocycles. The van der Waals surface area contributed by atoms with Crippen LogP contribution < -0.4 is 19.5 Å². The topological polar surface area (TPSA) is 56.8 Å². The standard InChI is InChI=1S/C22H29NO4/c1-13(2)17-12-18(14(3)10-20(17)26-6)15(4)23-22(24)16-8-9-19(25-5)21(11-16)27-7/h8-13,15H,1-7H3,(H,23,24)/t15-/m1/s1. The van der Waals surface area contributed by atoms with Crippen molar-refractivity contribution < 1.29 is 19.0 Å². The molecule has 5 nitrogen and oxygen atoms in total. The molecule has 0 heterocycles. The first-order valence-corrected chi connectivity index (χ1v) is 9.03. The van der Waals surface area contributed by atoms with Crippen molar-refractivity contribution in [3.8, 4) is 17.2 Å². The number of carbonyl (C=O) groups is 1. The Morgan fingerprint density at radius 1 is 0.852 bits per heavy atom. The third kappa shape index (κ3) is 4.54. The van der Waals surface area contributed by atoms with Crippen LogP contribution in [-0.4, -0.2) is 27.2 Å². The van der Waals surface area contributed by atoms with E-state index in [9.17, 15) is 4.79 Å². The van der Waals surface area contributed by atoms with Crippen molar-refractivity contribution in [3.63, 3.8) is 0 Å². The number of carbonyl (C=O) groups excluding carboxylic acids is 1. The average Bonchev–Trinajstić information content (AvgIpc) is 2.66. The molecule has 0 spiro atoms. The van der Waals surface area contributed by atoms with Crippen molar-refractivity contribution in [2.24, 2.45) is 0 Å². The molecule has 1 N–H and O–H groups in total. The van der Waals surface area contributed by atoms with E-state index in [1.54, 1.807) is 39.5 Å². The maximum atomic E-state index is 12.7. The van der Waals surface area contributed by atoms with Gasteiger partial charge in [-0.05, 0) is 66.8 Å². The molecule has 1 atom stereocenters. The minimum atomic E-state index is -0.162. The van der Waals surface area contributed by atoms with Crippen molar-refractivity contribution in [3.05, 3.63) is 52.6 Å². The first-order chi connectivity index (χ1) is 12.8. The number of nitrogens with one attached hydrogen (secondary N) is 1. The van der Waals surface area contributed by atoms with Gasteiger partial charge in [-0.25, -0.2) is 0 Å². The molecular weight excluding hydrogens is 342 g/mol. The van der Waals surface area contributed by atoms with Crippen LogP contribution in [0.3, 0.4) is 0 Å². The van der Waals surface area contributed by atoms with Gasteiger partial charge in [-0.1, -0.05) is 13.8 Å². The lowest BCUT2D eigenvalue weighted by molar-refractivity contribution is 0.0939. The molecule has 2 rings (SSSR count). The second-order valence-corrected chi connectivity index (χ2v) is 6.87. The molecule has 0 aliphatic carbocycles. The van der Waals surface area contributed by atoms with Crippen LogP contribution in [0.2, 0.25) is 0 Å². The Kier molecular flexibility index (Phi) is 6.72. The van der Waals surface area contributed by atoms with Crippen molar-refractivity contribution in [2.75, 3.05) is 21.3 Å². The summed E-state index contributed by atoms with van der Waals surface area (Å²) < 4.78 is 16.0. The first-order valence-electron chi connectivity index (χ1n) is 9.03. The highest BCUT2D eigenvalue weighted by molar-refractivity contribution is 5.95. The van der Waals surface area contributed by atoms with Crippen LogP contribution in [0.1, 0.15) is 59.8 Å². The Bertz CT molecular complexity index is 814. The Balaban J connectivity index is 2.28. The van der Waals surface area contributed by atoms with Crippen LogP contribution in [0.15, 0.2) is 30.3 Å². The summed E-state index contributed by atoms with van der Waals surface area (Å²) in [4.78, 5) is 12.7. The average molecular weight is 371 g/mol. The van der Waals surface area contributed by atoms with E-state index < -0.39 is 0 Å². The molecular formula is C22H29NO4. The fourth-order valence-corrected chi connectivity index (χ4v) is 3.15. The van der Waals surface area contributed by atoms with Crippen LogP contribution in [0.4, 0.5) is 0 Å². The number of rotatable bonds is 7. The molecule has 27 heavy (non-hydrogen) atoms. The lowest BCUT2D eigenvalue weighted by Gasteiger charge is -2.21. The Labute approximate surface area is 161 Å². The van der Waals surface area contributed by atoms with E-state index in [4.69, 9.17) is 14.2 Å². The maximum absolute atomic E-state index is 12.7. The molecule has 146 valence electrons. The van der Waals surface area contributed by atoms with Gasteiger partial charge >= 0.3 is 0 Å². The van der Waals surface area contributed by atoms with Crippen LogP contribution in [0, 0.1) is 6.92 Å². The quantitative estimate of drug-likeness (QED) is 0.771. The van der Waals surface area contributed by atoms with E-state index in [0.717, 1.165) is 22.4 Å². The number of hydrogen-bond acceptors (Lipinski definition) is 4. The summed E-state index contributed by atoms with van der Waals surface area (Å²) in [7, 11) is 4.80. The number of methoxy groups -OCH3 is 3. The summed E-state index contributed by atoms with van der Waals surface area (Å²) in [6, 6.07) is 9.15. The highest BCUT2D eigenvalue weighted by atomic mass is 16.5. The number of aryl methyl sites for hydroxylation is 1. The van der Waals surface area contributed by atoms with Crippen LogP contribution in [0.25, 0.3) is 0 Å². The van der Waals surface area contributed by atoms with Gasteiger partial charge < -0.3 is 19.5 Å². The lowest BCUT2D eigenvalue weighted by atomic mass is 9.93. The molecule has 0 bridgehead atoms. The molecule has 5 heteroatoms. The minimum Gasteiger partial charge on any atom is -0.496 e. The molecule has 2 aromatic rings. The van der Waals surface area contributed by atoms with Crippen LogP contribution in [0.5, 0.6) is 17.2 Å². The smallest absolute Gasteiger partial charge is 0.251 e. The molecule has 1 amide bonds. The van der Waals surface area contributed by atoms with Gasteiger partial charge in [0, 0.05) is 5.56 Å². The molecule has 0 aliphatic rings. The molecule has 0 fully saturated rings. The monoisotopic (exact) mass is 371 g/mol. The molecule has 0 unspecified atom stereocenters. The fourth-order valence-electron chi connectivity index (χ4n) is 3.15. The highest BCUT2D eigenvalue weighted by Gasteiger charge is 2.18. The molecule has 0 saturated carbocycles. The summed E-state index contributed by atoms with van der Waals surface area (Å²) >= 11 is 0. The zero-order valence-corrected chi connectivity index (χ0v) is 17.2. The van der Waals surface area contributed by atoms with Gasteiger partial charge in [0.25, 0.3) is 5.91 Å². The van der Waals surface area contributed by atoms with E-state index in [-0.39, 0.29) is 11.9 Å². The lowest BCUT2D eigenvalue weighted by Crippen LogP contribution is -2.27. The third-order valence-electron chi connectivity index (χ3n) is 4.70. The van der Waals surface area contributed by atoms with E-state index in [1.807, 2.05) is 19.9 Å². The molecule has 0 radical (unpaired) electrons. The van der Waals surface area contributed by atoms with E-state index >= 15 is 0 Å². The Morgan fingerprint density at radius 3 is 2.04 bits per heavy atom. The van der Waals surface area contributed by atoms with E-state index in [0.29, 0.717) is 23.0 Å². The van der Waals surface area contributed by atoms with Crippen molar-refractivity contribution >= 4 is 5.91 Å². The predicted molar refractivity (Wildman–Crippen MR) is 107 cm³/mol. The van der Waals surface area contributed by atoms with Gasteiger partial charge in [-0.15, -0.1) is 0 Å². The summed E-state index contributed by atoms with van der Waals surface area (Å²) in [6.45, 7) is 8.27. The number of benzene rings is 2. The van der Waals surface area contributed by atoms with Gasteiger partial charge in [-0.3, -0.25) is 4.79 Å². The van der Waals surface area contributed by atoms with Crippen LogP contribution in [-0.2, 0) is 0 Å². The van der Waals surface area contributed by atoms with Crippen LogP contribution >= 0.6 is 0 Å². The Morgan fingerprint density at radius 2 is 1.48 bits per heavy atom. The van der Waals surface area contributed by atoms with Crippen molar-refractivity contribution in [1.82, 2.24) is 5.32 Å². The number of ether oxygens (including phenoxy) is 3. The van der Waals surface area contributed by atoms with Gasteiger partial charge in [0.15, 0.2) is 11.5 Å². The minimum absolute atomic E-state index is 0.144. The fraction of sp³-hybridized carbons (Fsp3) is 0.409. The summed E-state index contributed by atoms with van der Waals surface area (Å²) in [5, 5.41) is 3.07. The molecule has 0 aromatic heterocycles. The third-order valence-corrected chi connectivity index (χ3v) is 4.70. The number of amides is 1. The van der Waals surface area contributed by atoms with Crippen molar-refractivity contribution in [1.29, 1.82) is 0 Å². The predicted octanol–water partition coefficient (Wildman–Crippen LogP) is 4.64. The normalized spacial score (nSPS) is 11.9. The van der Waals surface area contributed by atoms with E-state index in [2.05, 4.69) is 25.2 Å². The highest BCUT2D eigenvalue weighted by Crippen LogP contribution is 2.32. The van der Waals surface area contributed by atoms with Gasteiger partial charge in [0.1, 0.15) is 5.75 Å². The first kappa shape index (κ1) is 20.6. The second-order valence-electron chi connectivity index (χ2n) is 6.87. The Hall–Kier alpha value is -2.69. The SMILES string of the molecule is COc1ccc(C(=O)N[C@H](C)c2cc(C(C)C)c(OC)cc2C)cc1OC. The van der Waals surface area contributed by atoms with Gasteiger partial charge in [0.2, 0.25) is 0 Å². The second kappa shape index (κ2) is 8.80. The molecule has 0 saturated heterocycles. The number of hydrogen-bond donors (Lipinski definition) is 1. The maximum Gasteiger partial charge on any atom is 0.251 e.